The summed E-state index contributed by atoms with van der Waals surface area (Å²) in [6, 6.07) is 0. The highest BCUT2D eigenvalue weighted by atomic mass is 35.5. The van der Waals surface area contributed by atoms with Gasteiger partial charge in [-0.25, -0.2) is 0 Å². The molecule has 0 spiro atoms. The van der Waals surface area contributed by atoms with Crippen molar-refractivity contribution in [2.24, 2.45) is 0 Å². The van der Waals surface area contributed by atoms with Crippen molar-refractivity contribution in [1.82, 2.24) is 10.2 Å². The SMILES string of the molecule is CCC(Cl)c1nnc(S(C)=O)s1. The van der Waals surface area contributed by atoms with E-state index in [2.05, 4.69) is 10.2 Å². The van der Waals surface area contributed by atoms with E-state index in [9.17, 15) is 4.21 Å². The third-order valence-corrected chi connectivity index (χ3v) is 4.30. The average Bonchev–Trinajstić information content (AvgIpc) is 2.51. The maximum Gasteiger partial charge on any atom is 0.204 e. The lowest BCUT2D eigenvalue weighted by Gasteiger charge is -1.96. The van der Waals surface area contributed by atoms with E-state index in [4.69, 9.17) is 11.6 Å². The van der Waals surface area contributed by atoms with Gasteiger partial charge >= 0.3 is 0 Å². The Balaban J connectivity index is 2.84. The van der Waals surface area contributed by atoms with E-state index in [1.54, 1.807) is 6.26 Å². The Bertz CT molecular complexity index is 289. The molecule has 1 heterocycles. The van der Waals surface area contributed by atoms with Crippen molar-refractivity contribution in [2.45, 2.75) is 23.1 Å². The summed E-state index contributed by atoms with van der Waals surface area (Å²) < 4.78 is 11.5. The molecule has 0 radical (unpaired) electrons. The molecule has 2 unspecified atom stereocenters. The fourth-order valence-electron chi connectivity index (χ4n) is 0.638. The van der Waals surface area contributed by atoms with Gasteiger partial charge in [0.05, 0.1) is 16.2 Å². The van der Waals surface area contributed by atoms with E-state index in [0.717, 1.165) is 11.4 Å². The first-order valence-electron chi connectivity index (χ1n) is 3.46. The number of rotatable bonds is 3. The molecule has 3 nitrogen and oxygen atoms in total. The van der Waals surface area contributed by atoms with Crippen LogP contribution in [-0.2, 0) is 10.8 Å². The molecule has 0 bridgehead atoms. The van der Waals surface area contributed by atoms with Gasteiger partial charge in [-0.05, 0) is 6.42 Å². The third-order valence-electron chi connectivity index (χ3n) is 1.29. The van der Waals surface area contributed by atoms with Gasteiger partial charge in [-0.3, -0.25) is 4.21 Å². The predicted octanol–water partition coefficient (Wildman–Crippen LogP) is 1.97. The Morgan fingerprint density at radius 2 is 2.33 bits per heavy atom. The van der Waals surface area contributed by atoms with Crippen molar-refractivity contribution >= 4 is 33.7 Å². The summed E-state index contributed by atoms with van der Waals surface area (Å²) in [7, 11) is -1.04. The standard InChI is InChI=1S/C6H9ClN2OS2/c1-3-4(7)5-8-9-6(11-5)12(2)10/h4H,3H2,1-2H3. The number of halogens is 1. The maximum atomic E-state index is 10.9. The molecule has 1 aromatic rings. The highest BCUT2D eigenvalue weighted by Crippen LogP contribution is 2.27. The molecule has 0 amide bonds. The van der Waals surface area contributed by atoms with E-state index in [0.29, 0.717) is 4.34 Å². The van der Waals surface area contributed by atoms with Crippen LogP contribution in [0.15, 0.2) is 4.34 Å². The molecule has 0 aliphatic heterocycles. The van der Waals surface area contributed by atoms with Gasteiger partial charge in [0.2, 0.25) is 4.34 Å². The van der Waals surface area contributed by atoms with Crippen LogP contribution in [0.1, 0.15) is 23.7 Å². The fourth-order valence-corrected chi connectivity index (χ4v) is 2.33. The molecule has 1 aromatic heterocycles. The van der Waals surface area contributed by atoms with Gasteiger partial charge in [0, 0.05) is 6.26 Å². The summed E-state index contributed by atoms with van der Waals surface area (Å²) >= 11 is 7.24. The van der Waals surface area contributed by atoms with Gasteiger partial charge in [-0.15, -0.1) is 21.8 Å². The van der Waals surface area contributed by atoms with Gasteiger partial charge < -0.3 is 0 Å². The summed E-state index contributed by atoms with van der Waals surface area (Å²) in [4.78, 5) is 0. The Labute approximate surface area is 82.6 Å². The second-order valence-corrected chi connectivity index (χ2v) is 5.33. The van der Waals surface area contributed by atoms with Crippen LogP contribution >= 0.6 is 22.9 Å². The van der Waals surface area contributed by atoms with E-state index in [1.807, 2.05) is 6.92 Å². The van der Waals surface area contributed by atoms with Gasteiger partial charge in [0.15, 0.2) is 0 Å². The van der Waals surface area contributed by atoms with Crippen LogP contribution in [0.5, 0.6) is 0 Å². The van der Waals surface area contributed by atoms with E-state index in [-0.39, 0.29) is 5.38 Å². The Kier molecular flexibility index (Phi) is 3.61. The van der Waals surface area contributed by atoms with Crippen molar-refractivity contribution in [3.8, 4) is 0 Å². The van der Waals surface area contributed by atoms with Gasteiger partial charge in [0.25, 0.3) is 0 Å². The summed E-state index contributed by atoms with van der Waals surface area (Å²) in [6.45, 7) is 1.97. The number of hydrogen-bond donors (Lipinski definition) is 0. The van der Waals surface area contributed by atoms with Gasteiger partial charge in [-0.2, -0.15) is 0 Å². The minimum Gasteiger partial charge on any atom is -0.252 e. The lowest BCUT2D eigenvalue weighted by molar-refractivity contribution is 0.685. The lowest BCUT2D eigenvalue weighted by Crippen LogP contribution is -1.86. The first-order valence-corrected chi connectivity index (χ1v) is 6.27. The molecule has 1 rings (SSSR count). The quantitative estimate of drug-likeness (QED) is 0.738. The van der Waals surface area contributed by atoms with Crippen LogP contribution in [0, 0.1) is 0 Å². The topological polar surface area (TPSA) is 42.9 Å². The van der Waals surface area contributed by atoms with Crippen LogP contribution in [0.25, 0.3) is 0 Å². The van der Waals surface area contributed by atoms with Crippen LogP contribution in [0.2, 0.25) is 0 Å². The zero-order valence-electron chi connectivity index (χ0n) is 6.78. The maximum absolute atomic E-state index is 10.9. The molecule has 0 aromatic carbocycles. The van der Waals surface area contributed by atoms with Crippen LogP contribution in [-0.4, -0.2) is 20.7 Å². The molecular weight excluding hydrogens is 216 g/mol. The van der Waals surface area contributed by atoms with Crippen molar-refractivity contribution in [2.75, 3.05) is 6.26 Å². The summed E-state index contributed by atoms with van der Waals surface area (Å²) in [5.41, 5.74) is 0. The molecule has 0 aliphatic rings. The summed E-state index contributed by atoms with van der Waals surface area (Å²) in [5, 5.41) is 8.28. The molecule has 0 fully saturated rings. The first-order chi connectivity index (χ1) is 5.65. The van der Waals surface area contributed by atoms with Crippen LogP contribution < -0.4 is 0 Å². The summed E-state index contributed by atoms with van der Waals surface area (Å²) in [6.07, 6.45) is 2.39. The van der Waals surface area contributed by atoms with Crippen LogP contribution in [0.3, 0.4) is 0 Å². The monoisotopic (exact) mass is 224 g/mol. The second-order valence-electron chi connectivity index (χ2n) is 2.24. The summed E-state index contributed by atoms with van der Waals surface area (Å²) in [5.74, 6) is 0. The fraction of sp³-hybridized carbons (Fsp3) is 0.667. The zero-order chi connectivity index (χ0) is 9.14. The van der Waals surface area contributed by atoms with Crippen molar-refractivity contribution < 1.29 is 4.21 Å². The molecule has 0 aliphatic carbocycles. The highest BCUT2D eigenvalue weighted by Gasteiger charge is 2.13. The number of aromatic nitrogens is 2. The first kappa shape index (κ1) is 10.1. The second kappa shape index (κ2) is 4.30. The lowest BCUT2D eigenvalue weighted by atomic mass is 10.3. The Morgan fingerprint density at radius 3 is 2.75 bits per heavy atom. The highest BCUT2D eigenvalue weighted by molar-refractivity contribution is 7.86. The smallest absolute Gasteiger partial charge is 0.204 e. The third kappa shape index (κ3) is 2.24. The molecule has 2 atom stereocenters. The molecular formula is C6H9ClN2OS2. The van der Waals surface area contributed by atoms with Crippen molar-refractivity contribution in [3.63, 3.8) is 0 Å². The average molecular weight is 225 g/mol. The molecule has 6 heteroatoms. The van der Waals surface area contributed by atoms with E-state index >= 15 is 0 Å². The zero-order valence-corrected chi connectivity index (χ0v) is 9.17. The Morgan fingerprint density at radius 1 is 1.67 bits per heavy atom. The normalized spacial score (nSPS) is 15.9. The molecule has 12 heavy (non-hydrogen) atoms. The Hall–Kier alpha value is -0.0000000000000000833. The van der Waals surface area contributed by atoms with E-state index < -0.39 is 10.8 Å². The number of nitrogens with zero attached hydrogens (tertiary/aromatic N) is 2. The molecule has 68 valence electrons. The van der Waals surface area contributed by atoms with Gasteiger partial charge in [-0.1, -0.05) is 18.3 Å². The number of alkyl halides is 1. The molecule has 0 N–H and O–H groups in total. The minimum absolute atomic E-state index is 0.0974. The number of hydrogen-bond acceptors (Lipinski definition) is 4. The molecule has 0 saturated carbocycles. The van der Waals surface area contributed by atoms with Gasteiger partial charge in [0.1, 0.15) is 5.01 Å². The van der Waals surface area contributed by atoms with Crippen molar-refractivity contribution in [1.29, 1.82) is 0 Å². The predicted molar refractivity (Wildman–Crippen MR) is 51.1 cm³/mol. The van der Waals surface area contributed by atoms with Crippen LogP contribution in [0.4, 0.5) is 0 Å². The minimum atomic E-state index is -1.04. The van der Waals surface area contributed by atoms with E-state index in [1.165, 1.54) is 11.3 Å². The molecule has 0 saturated heterocycles. The van der Waals surface area contributed by atoms with Crippen molar-refractivity contribution in [3.05, 3.63) is 5.01 Å². The largest absolute Gasteiger partial charge is 0.252 e.